The maximum absolute atomic E-state index is 5.73. The fourth-order valence-corrected chi connectivity index (χ4v) is 4.12. The van der Waals surface area contributed by atoms with Gasteiger partial charge in [0.15, 0.2) is 0 Å². The van der Waals surface area contributed by atoms with Gasteiger partial charge in [-0.1, -0.05) is 18.2 Å². The predicted octanol–water partition coefficient (Wildman–Crippen LogP) is 3.57. The number of benzene rings is 1. The van der Waals surface area contributed by atoms with E-state index in [-0.39, 0.29) is 11.5 Å². The van der Waals surface area contributed by atoms with E-state index in [4.69, 9.17) is 4.74 Å². The minimum absolute atomic E-state index is 0.137. The van der Waals surface area contributed by atoms with E-state index in [1.807, 2.05) is 54.9 Å². The number of H-pyrrole nitrogens is 1. The number of hydrogen-bond acceptors (Lipinski definition) is 6. The first-order valence-electron chi connectivity index (χ1n) is 9.74. The summed E-state index contributed by atoms with van der Waals surface area (Å²) in [6.07, 6.45) is 5.87. The van der Waals surface area contributed by atoms with E-state index in [1.54, 1.807) is 7.11 Å². The van der Waals surface area contributed by atoms with Gasteiger partial charge >= 0.3 is 0 Å². The van der Waals surface area contributed by atoms with Crippen molar-refractivity contribution in [1.82, 2.24) is 25.4 Å². The third-order valence-corrected chi connectivity index (χ3v) is 5.92. The number of ether oxygens (including phenoxy) is 1. The van der Waals surface area contributed by atoms with Crippen molar-refractivity contribution in [2.24, 2.45) is 0 Å². The summed E-state index contributed by atoms with van der Waals surface area (Å²) >= 11 is 0. The van der Waals surface area contributed by atoms with Crippen LogP contribution in [0, 0.1) is 0 Å². The molecule has 2 unspecified atom stereocenters. The van der Waals surface area contributed by atoms with Crippen molar-refractivity contribution in [3.8, 4) is 11.3 Å². The van der Waals surface area contributed by atoms with Crippen molar-refractivity contribution in [3.63, 3.8) is 0 Å². The van der Waals surface area contributed by atoms with Gasteiger partial charge in [-0.05, 0) is 43.2 Å². The number of hydrogen-bond donors (Lipinski definition) is 2. The lowest BCUT2D eigenvalue weighted by atomic mass is 9.63. The van der Waals surface area contributed by atoms with E-state index in [9.17, 15) is 0 Å². The van der Waals surface area contributed by atoms with Gasteiger partial charge in [-0.2, -0.15) is 5.10 Å². The van der Waals surface area contributed by atoms with Crippen molar-refractivity contribution in [3.05, 3.63) is 66.6 Å². The smallest absolute Gasteiger partial charge is 0.148 e. The molecule has 0 bridgehead atoms. The Labute approximate surface area is 168 Å². The summed E-state index contributed by atoms with van der Waals surface area (Å²) in [4.78, 5) is 4.59. The number of aromatic amines is 1. The van der Waals surface area contributed by atoms with Gasteiger partial charge in [0, 0.05) is 30.8 Å². The standard InChI is InChI=1S/C22H22N6O/c1-29-20-9-10-22(20,19-4-2-3-11-23-19)14-24-21-8-7-17(27-28-21)15-5-6-16-13-25-26-18(16)12-15/h2-8,11-13,20H,9-10,14H2,1H3,(H,24,28)(H,25,26). The largest absolute Gasteiger partial charge is 0.380 e. The molecule has 2 atom stereocenters. The lowest BCUT2D eigenvalue weighted by molar-refractivity contribution is -0.0372. The summed E-state index contributed by atoms with van der Waals surface area (Å²) in [5, 5.41) is 20.4. The van der Waals surface area contributed by atoms with Gasteiger partial charge in [-0.25, -0.2) is 0 Å². The fourth-order valence-electron chi connectivity index (χ4n) is 4.12. The summed E-state index contributed by atoms with van der Waals surface area (Å²) in [6, 6.07) is 16.1. The maximum Gasteiger partial charge on any atom is 0.148 e. The normalized spacial score (nSPS) is 21.1. The monoisotopic (exact) mass is 386 g/mol. The Bertz CT molecular complexity index is 1110. The Balaban J connectivity index is 1.34. The summed E-state index contributed by atoms with van der Waals surface area (Å²) in [7, 11) is 1.77. The van der Waals surface area contributed by atoms with Crippen LogP contribution in [0.25, 0.3) is 22.2 Å². The highest BCUT2D eigenvalue weighted by Gasteiger charge is 2.49. The van der Waals surface area contributed by atoms with E-state index >= 15 is 0 Å². The van der Waals surface area contributed by atoms with Crippen molar-refractivity contribution >= 4 is 16.7 Å². The third-order valence-electron chi connectivity index (χ3n) is 5.92. The van der Waals surface area contributed by atoms with Crippen LogP contribution in [0.4, 0.5) is 5.82 Å². The van der Waals surface area contributed by atoms with Gasteiger partial charge in [0.05, 0.1) is 34.6 Å². The van der Waals surface area contributed by atoms with Crippen LogP contribution in [-0.2, 0) is 10.2 Å². The van der Waals surface area contributed by atoms with Gasteiger partial charge in [0.2, 0.25) is 0 Å². The van der Waals surface area contributed by atoms with Crippen LogP contribution in [0.1, 0.15) is 18.5 Å². The number of fused-ring (bicyclic) bond motifs is 1. The van der Waals surface area contributed by atoms with Crippen LogP contribution in [-0.4, -0.2) is 45.1 Å². The second-order valence-electron chi connectivity index (χ2n) is 7.46. The molecule has 0 spiro atoms. The Morgan fingerprint density at radius 1 is 1.17 bits per heavy atom. The van der Waals surface area contributed by atoms with Crippen LogP contribution in [0.3, 0.4) is 0 Å². The molecule has 0 radical (unpaired) electrons. The predicted molar refractivity (Wildman–Crippen MR) is 112 cm³/mol. The minimum Gasteiger partial charge on any atom is -0.380 e. The number of methoxy groups -OCH3 is 1. The average molecular weight is 386 g/mol. The van der Waals surface area contributed by atoms with E-state index < -0.39 is 0 Å². The van der Waals surface area contributed by atoms with Crippen LogP contribution in [0.5, 0.6) is 0 Å². The molecule has 3 aromatic heterocycles. The van der Waals surface area contributed by atoms with E-state index in [2.05, 4.69) is 36.8 Å². The molecule has 29 heavy (non-hydrogen) atoms. The Morgan fingerprint density at radius 3 is 2.86 bits per heavy atom. The molecule has 5 rings (SSSR count). The van der Waals surface area contributed by atoms with Crippen molar-refractivity contribution in [2.45, 2.75) is 24.4 Å². The van der Waals surface area contributed by atoms with Gasteiger partial charge in [-0.15, -0.1) is 10.2 Å². The number of rotatable bonds is 6. The van der Waals surface area contributed by atoms with Crippen molar-refractivity contribution < 1.29 is 4.74 Å². The number of aromatic nitrogens is 5. The molecule has 1 fully saturated rings. The molecule has 146 valence electrons. The molecule has 2 N–H and O–H groups in total. The molecule has 0 saturated heterocycles. The van der Waals surface area contributed by atoms with Gasteiger partial charge in [0.1, 0.15) is 5.82 Å². The topological polar surface area (TPSA) is 88.6 Å². The quantitative estimate of drug-likeness (QED) is 0.527. The highest BCUT2D eigenvalue weighted by molar-refractivity contribution is 5.83. The first kappa shape index (κ1) is 17.8. The third kappa shape index (κ3) is 3.13. The number of anilines is 1. The van der Waals surface area contributed by atoms with Gasteiger partial charge in [0.25, 0.3) is 0 Å². The molecule has 7 nitrogen and oxygen atoms in total. The molecule has 3 heterocycles. The Kier molecular flexibility index (Phi) is 4.44. The molecule has 1 aliphatic carbocycles. The van der Waals surface area contributed by atoms with Crippen LogP contribution < -0.4 is 5.32 Å². The molecule has 0 amide bonds. The van der Waals surface area contributed by atoms with Crippen LogP contribution >= 0.6 is 0 Å². The van der Waals surface area contributed by atoms with Gasteiger partial charge in [-0.3, -0.25) is 10.1 Å². The maximum atomic E-state index is 5.73. The molecule has 0 aliphatic heterocycles. The molecular weight excluding hydrogens is 364 g/mol. The van der Waals surface area contributed by atoms with E-state index in [1.165, 1.54) is 0 Å². The second-order valence-corrected chi connectivity index (χ2v) is 7.46. The zero-order valence-corrected chi connectivity index (χ0v) is 16.2. The van der Waals surface area contributed by atoms with E-state index in [0.29, 0.717) is 6.54 Å². The van der Waals surface area contributed by atoms with Gasteiger partial charge < -0.3 is 10.1 Å². The van der Waals surface area contributed by atoms with Crippen LogP contribution in [0.2, 0.25) is 0 Å². The molecular formula is C22H22N6O. The summed E-state index contributed by atoms with van der Waals surface area (Å²) in [5.74, 6) is 0.744. The molecule has 7 heteroatoms. The molecule has 1 saturated carbocycles. The molecule has 4 aromatic rings. The van der Waals surface area contributed by atoms with Crippen molar-refractivity contribution in [2.75, 3.05) is 19.0 Å². The number of nitrogens with one attached hydrogen (secondary N) is 2. The molecule has 1 aromatic carbocycles. The van der Waals surface area contributed by atoms with Crippen molar-refractivity contribution in [1.29, 1.82) is 0 Å². The first-order chi connectivity index (χ1) is 14.3. The Morgan fingerprint density at radius 2 is 2.14 bits per heavy atom. The minimum atomic E-state index is -0.137. The summed E-state index contributed by atoms with van der Waals surface area (Å²) in [5.41, 5.74) is 3.73. The summed E-state index contributed by atoms with van der Waals surface area (Å²) < 4.78 is 5.73. The zero-order chi connectivity index (χ0) is 19.7. The lowest BCUT2D eigenvalue weighted by Gasteiger charge is -2.48. The lowest BCUT2D eigenvalue weighted by Crippen LogP contribution is -2.54. The van der Waals surface area contributed by atoms with E-state index in [0.717, 1.165) is 46.5 Å². The fraction of sp³-hybridized carbons (Fsp3) is 0.273. The van der Waals surface area contributed by atoms with Crippen LogP contribution in [0.15, 0.2) is 60.9 Å². The highest BCUT2D eigenvalue weighted by atomic mass is 16.5. The zero-order valence-electron chi connectivity index (χ0n) is 16.2. The second kappa shape index (κ2) is 7.25. The average Bonchev–Trinajstić information content (AvgIpc) is 3.23. The SMILES string of the molecule is COC1CCC1(CNc1ccc(-c2ccc3cn[nH]c3c2)nn1)c1ccccn1. The molecule has 1 aliphatic rings. The number of nitrogens with zero attached hydrogens (tertiary/aromatic N) is 4. The number of pyridine rings is 1. The Hall–Kier alpha value is -3.32. The summed E-state index contributed by atoms with van der Waals surface area (Å²) in [6.45, 7) is 0.705. The first-order valence-corrected chi connectivity index (χ1v) is 9.74. The highest BCUT2D eigenvalue weighted by Crippen LogP contribution is 2.44.